The van der Waals surface area contributed by atoms with Gasteiger partial charge < -0.3 is 10.2 Å². The van der Waals surface area contributed by atoms with E-state index in [9.17, 15) is 9.59 Å². The van der Waals surface area contributed by atoms with Crippen molar-refractivity contribution < 1.29 is 19.8 Å². The quantitative estimate of drug-likeness (QED) is 0.455. The smallest absolute Gasteiger partial charge is 0.408 e. The van der Waals surface area contributed by atoms with Gasteiger partial charge in [0.25, 0.3) is 0 Å². The fourth-order valence-electron chi connectivity index (χ4n) is 0.184. The topological polar surface area (TPSA) is 86.6 Å². The van der Waals surface area contributed by atoms with Gasteiger partial charge in [-0.1, -0.05) is 0 Å². The van der Waals surface area contributed by atoms with Gasteiger partial charge in [-0.3, -0.25) is 5.32 Å². The van der Waals surface area contributed by atoms with Crippen LogP contribution in [0.4, 0.5) is 4.79 Å². The van der Waals surface area contributed by atoms with Crippen LogP contribution in [-0.4, -0.2) is 22.3 Å². The minimum Gasteiger partial charge on any atom is -0.478 e. The molecular formula is C4H5NO4. The summed E-state index contributed by atoms with van der Waals surface area (Å²) in [6.45, 7) is 0. The van der Waals surface area contributed by atoms with E-state index in [4.69, 9.17) is 10.2 Å². The van der Waals surface area contributed by atoms with Crippen LogP contribution in [0.3, 0.4) is 0 Å². The number of hydrogen-bond acceptors (Lipinski definition) is 2. The van der Waals surface area contributed by atoms with Crippen LogP contribution in [0.15, 0.2) is 12.3 Å². The summed E-state index contributed by atoms with van der Waals surface area (Å²) in [6, 6.07) is 0. The Labute approximate surface area is 50.6 Å². The SMILES string of the molecule is O=C(O)C=CNC(=O)O. The lowest BCUT2D eigenvalue weighted by Crippen LogP contribution is -2.13. The first kappa shape index (κ1) is 7.48. The first-order valence-electron chi connectivity index (χ1n) is 2.02. The maximum absolute atomic E-state index is 9.66. The third-order valence-electron chi connectivity index (χ3n) is 0.433. The highest BCUT2D eigenvalue weighted by atomic mass is 16.4. The lowest BCUT2D eigenvalue weighted by atomic mass is 10.6. The summed E-state index contributed by atoms with van der Waals surface area (Å²) in [4.78, 5) is 19.3. The zero-order valence-corrected chi connectivity index (χ0v) is 4.37. The maximum atomic E-state index is 9.66. The molecule has 5 heteroatoms. The third kappa shape index (κ3) is 6.48. The van der Waals surface area contributed by atoms with Crippen molar-refractivity contribution >= 4 is 12.1 Å². The van der Waals surface area contributed by atoms with Crippen LogP contribution in [0, 0.1) is 0 Å². The number of rotatable bonds is 2. The molecule has 0 atom stereocenters. The Balaban J connectivity index is 3.48. The van der Waals surface area contributed by atoms with Crippen molar-refractivity contribution in [1.82, 2.24) is 5.32 Å². The van der Waals surface area contributed by atoms with Crippen molar-refractivity contribution in [3.8, 4) is 0 Å². The standard InChI is InChI=1S/C4H5NO4/c6-3(7)1-2-5-4(8)9/h1-2,5H,(H,6,7)(H,8,9). The van der Waals surface area contributed by atoms with Crippen molar-refractivity contribution in [2.24, 2.45) is 0 Å². The van der Waals surface area contributed by atoms with Gasteiger partial charge in [0.05, 0.1) is 0 Å². The molecule has 0 aliphatic rings. The molecule has 0 fully saturated rings. The van der Waals surface area contributed by atoms with Gasteiger partial charge in [0, 0.05) is 12.3 Å². The molecule has 0 aromatic rings. The van der Waals surface area contributed by atoms with Gasteiger partial charge in [-0.15, -0.1) is 0 Å². The highest BCUT2D eigenvalue weighted by Crippen LogP contribution is 1.67. The summed E-state index contributed by atoms with van der Waals surface area (Å²) >= 11 is 0. The van der Waals surface area contributed by atoms with Gasteiger partial charge >= 0.3 is 12.1 Å². The van der Waals surface area contributed by atoms with Gasteiger partial charge in [-0.05, 0) is 0 Å². The number of carboxylic acids is 1. The van der Waals surface area contributed by atoms with Crippen molar-refractivity contribution in [2.75, 3.05) is 0 Å². The zero-order chi connectivity index (χ0) is 7.28. The summed E-state index contributed by atoms with van der Waals surface area (Å²) in [5.41, 5.74) is 0. The number of carbonyl (C=O) groups is 2. The molecule has 0 aromatic carbocycles. The van der Waals surface area contributed by atoms with E-state index in [1.165, 1.54) is 0 Å². The molecule has 0 aromatic heterocycles. The van der Waals surface area contributed by atoms with Crippen LogP contribution in [-0.2, 0) is 4.79 Å². The maximum Gasteiger partial charge on any atom is 0.408 e. The molecule has 0 spiro atoms. The minimum atomic E-state index is -1.28. The Morgan fingerprint density at radius 1 is 1.33 bits per heavy atom. The number of hydrogen-bond donors (Lipinski definition) is 3. The van der Waals surface area contributed by atoms with Gasteiger partial charge in [-0.2, -0.15) is 0 Å². The van der Waals surface area contributed by atoms with Gasteiger partial charge in [0.2, 0.25) is 0 Å². The van der Waals surface area contributed by atoms with E-state index in [0.29, 0.717) is 6.08 Å². The van der Waals surface area contributed by atoms with Crippen LogP contribution in [0.1, 0.15) is 0 Å². The molecule has 0 aliphatic heterocycles. The van der Waals surface area contributed by atoms with Crippen LogP contribution < -0.4 is 5.32 Å². The number of carboxylic acid groups (broad SMARTS) is 2. The number of aliphatic carboxylic acids is 1. The predicted octanol–water partition coefficient (Wildman–Crippen LogP) is -0.148. The minimum absolute atomic E-state index is 0.689. The first-order valence-corrected chi connectivity index (χ1v) is 2.02. The second kappa shape index (κ2) is 3.48. The van der Waals surface area contributed by atoms with Crippen molar-refractivity contribution in [1.29, 1.82) is 0 Å². The lowest BCUT2D eigenvalue weighted by molar-refractivity contribution is -0.131. The van der Waals surface area contributed by atoms with Crippen molar-refractivity contribution in [2.45, 2.75) is 0 Å². The van der Waals surface area contributed by atoms with E-state index in [1.54, 1.807) is 5.32 Å². The van der Waals surface area contributed by atoms with E-state index in [-0.39, 0.29) is 0 Å². The van der Waals surface area contributed by atoms with E-state index in [2.05, 4.69) is 0 Å². The van der Waals surface area contributed by atoms with Crippen molar-refractivity contribution in [3.05, 3.63) is 12.3 Å². The average Bonchev–Trinajstić information content (AvgIpc) is 1.63. The molecule has 3 N–H and O–H groups in total. The highest BCUT2D eigenvalue weighted by Gasteiger charge is 1.87. The molecule has 0 aliphatic carbocycles. The molecule has 9 heavy (non-hydrogen) atoms. The van der Waals surface area contributed by atoms with E-state index < -0.39 is 12.1 Å². The number of nitrogens with one attached hydrogen (secondary N) is 1. The molecular weight excluding hydrogens is 126 g/mol. The van der Waals surface area contributed by atoms with E-state index >= 15 is 0 Å². The summed E-state index contributed by atoms with van der Waals surface area (Å²) in [7, 11) is 0. The summed E-state index contributed by atoms with van der Waals surface area (Å²) in [5.74, 6) is -1.19. The van der Waals surface area contributed by atoms with Gasteiger partial charge in [0.1, 0.15) is 0 Å². The summed E-state index contributed by atoms with van der Waals surface area (Å²) in [5, 5.41) is 17.5. The lowest BCUT2D eigenvalue weighted by Gasteiger charge is -1.85. The first-order chi connectivity index (χ1) is 4.13. The molecule has 0 saturated carbocycles. The van der Waals surface area contributed by atoms with E-state index in [1.807, 2.05) is 0 Å². The van der Waals surface area contributed by atoms with Crippen LogP contribution >= 0.6 is 0 Å². The fourth-order valence-corrected chi connectivity index (χ4v) is 0.184. The Morgan fingerprint density at radius 3 is 2.22 bits per heavy atom. The molecule has 0 rings (SSSR count). The van der Waals surface area contributed by atoms with E-state index in [0.717, 1.165) is 6.20 Å². The van der Waals surface area contributed by atoms with Crippen LogP contribution in [0.25, 0.3) is 0 Å². The highest BCUT2D eigenvalue weighted by molar-refractivity contribution is 5.80. The van der Waals surface area contributed by atoms with Crippen molar-refractivity contribution in [3.63, 3.8) is 0 Å². The van der Waals surface area contributed by atoms with Gasteiger partial charge in [0.15, 0.2) is 0 Å². The molecule has 0 radical (unpaired) electrons. The average molecular weight is 131 g/mol. The Hall–Kier alpha value is -1.52. The van der Waals surface area contributed by atoms with Gasteiger partial charge in [-0.25, -0.2) is 9.59 Å². The molecule has 5 nitrogen and oxygen atoms in total. The Kier molecular flexibility index (Phi) is 2.89. The monoisotopic (exact) mass is 131 g/mol. The second-order valence-electron chi connectivity index (χ2n) is 1.12. The molecule has 0 bridgehead atoms. The molecule has 0 saturated heterocycles. The molecule has 1 amide bonds. The summed E-state index contributed by atoms with van der Waals surface area (Å²) in [6.07, 6.45) is 0.228. The fraction of sp³-hybridized carbons (Fsp3) is 0. The molecule has 0 heterocycles. The largest absolute Gasteiger partial charge is 0.478 e. The molecule has 0 unspecified atom stereocenters. The predicted molar refractivity (Wildman–Crippen MR) is 27.9 cm³/mol. The van der Waals surface area contributed by atoms with Crippen LogP contribution in [0.5, 0.6) is 0 Å². The Bertz CT molecular complexity index is 151. The van der Waals surface area contributed by atoms with Crippen LogP contribution in [0.2, 0.25) is 0 Å². The summed E-state index contributed by atoms with van der Waals surface area (Å²) < 4.78 is 0. The third-order valence-corrected chi connectivity index (χ3v) is 0.433. The number of amides is 1. The normalized spacial score (nSPS) is 9.33. The Morgan fingerprint density at radius 2 is 1.89 bits per heavy atom. The second-order valence-corrected chi connectivity index (χ2v) is 1.12. The zero-order valence-electron chi connectivity index (χ0n) is 4.37. The molecule has 50 valence electrons.